The Morgan fingerprint density at radius 1 is 1.31 bits per heavy atom. The molecule has 1 aromatic carbocycles. The van der Waals surface area contributed by atoms with Gasteiger partial charge in [-0.1, -0.05) is 12.1 Å². The Kier molecular flexibility index (Phi) is 1.99. The highest BCUT2D eigenvalue weighted by molar-refractivity contribution is 6.11. The number of aromatic nitrogens is 1. The molecule has 0 saturated heterocycles. The van der Waals surface area contributed by atoms with Crippen LogP contribution in [0.3, 0.4) is 0 Å². The monoisotopic (exact) mass is 215 g/mol. The average molecular weight is 215 g/mol. The summed E-state index contributed by atoms with van der Waals surface area (Å²) in [6.45, 7) is 0. The van der Waals surface area contributed by atoms with E-state index in [1.54, 1.807) is 7.11 Å². The lowest BCUT2D eigenvalue weighted by Gasteiger charge is -2.09. The number of carbonyl (C=O) groups is 1. The van der Waals surface area contributed by atoms with Gasteiger partial charge < -0.3 is 9.72 Å². The fraction of sp³-hybridized carbons (Fsp3) is 0.308. The second-order valence-corrected chi connectivity index (χ2v) is 4.14. The molecule has 1 aliphatic rings. The molecule has 0 saturated carbocycles. The SMILES string of the molecule is COc1cccc2c3c([nH]c12)CCCC3=O. The number of Topliss-reactive ketones (excluding diaryl/α,β-unsaturated/α-hetero) is 1. The molecule has 0 aliphatic heterocycles. The summed E-state index contributed by atoms with van der Waals surface area (Å²) < 4.78 is 5.30. The van der Waals surface area contributed by atoms with Crippen LogP contribution in [0, 0.1) is 0 Å². The van der Waals surface area contributed by atoms with Gasteiger partial charge >= 0.3 is 0 Å². The Bertz CT molecular complexity index is 569. The average Bonchev–Trinajstić information content (AvgIpc) is 2.68. The number of aryl methyl sites for hydroxylation is 1. The van der Waals surface area contributed by atoms with Gasteiger partial charge in [0.1, 0.15) is 5.75 Å². The van der Waals surface area contributed by atoms with Crippen molar-refractivity contribution in [3.05, 3.63) is 29.5 Å². The zero-order valence-electron chi connectivity index (χ0n) is 9.17. The van der Waals surface area contributed by atoms with Crippen LogP contribution in [0.25, 0.3) is 10.9 Å². The standard InChI is InChI=1S/C13H13NO2/c1-16-11-7-2-4-8-12-9(14-13(8)11)5-3-6-10(12)15/h2,4,7,14H,3,5-6H2,1H3. The molecule has 0 unspecified atom stereocenters. The molecule has 0 amide bonds. The van der Waals surface area contributed by atoms with Gasteiger partial charge in [0.05, 0.1) is 12.6 Å². The van der Waals surface area contributed by atoms with Crippen LogP contribution in [0.15, 0.2) is 18.2 Å². The van der Waals surface area contributed by atoms with Gasteiger partial charge in [0.25, 0.3) is 0 Å². The summed E-state index contributed by atoms with van der Waals surface area (Å²) in [7, 11) is 1.65. The predicted molar refractivity (Wildman–Crippen MR) is 62.1 cm³/mol. The zero-order chi connectivity index (χ0) is 11.1. The van der Waals surface area contributed by atoms with Gasteiger partial charge in [0, 0.05) is 23.1 Å². The number of nitrogens with one attached hydrogen (secondary N) is 1. The van der Waals surface area contributed by atoms with Gasteiger partial charge in [0.2, 0.25) is 0 Å². The largest absolute Gasteiger partial charge is 0.495 e. The minimum Gasteiger partial charge on any atom is -0.495 e. The van der Waals surface area contributed by atoms with Crippen LogP contribution in [0.4, 0.5) is 0 Å². The first-order valence-corrected chi connectivity index (χ1v) is 5.52. The summed E-state index contributed by atoms with van der Waals surface area (Å²) in [6, 6.07) is 5.82. The number of fused-ring (bicyclic) bond motifs is 3. The lowest BCUT2D eigenvalue weighted by Crippen LogP contribution is -2.08. The summed E-state index contributed by atoms with van der Waals surface area (Å²) in [5.41, 5.74) is 2.89. The van der Waals surface area contributed by atoms with Crippen LogP contribution in [-0.2, 0) is 6.42 Å². The quantitative estimate of drug-likeness (QED) is 0.794. The van der Waals surface area contributed by atoms with Crippen molar-refractivity contribution in [3.63, 3.8) is 0 Å². The van der Waals surface area contributed by atoms with Crippen molar-refractivity contribution in [2.45, 2.75) is 19.3 Å². The number of carbonyl (C=O) groups excluding carboxylic acids is 1. The second kappa shape index (κ2) is 3.37. The number of hydrogen-bond acceptors (Lipinski definition) is 2. The molecular formula is C13H13NO2. The van der Waals surface area contributed by atoms with E-state index in [1.165, 1.54) is 0 Å². The molecule has 3 heteroatoms. The fourth-order valence-electron chi connectivity index (χ4n) is 2.47. The number of H-pyrrole nitrogens is 1. The summed E-state index contributed by atoms with van der Waals surface area (Å²) in [6.07, 6.45) is 2.57. The van der Waals surface area contributed by atoms with Crippen LogP contribution >= 0.6 is 0 Å². The Morgan fingerprint density at radius 2 is 2.19 bits per heavy atom. The van der Waals surface area contributed by atoms with Gasteiger partial charge in [-0.2, -0.15) is 0 Å². The molecule has 3 rings (SSSR count). The van der Waals surface area contributed by atoms with E-state index in [2.05, 4.69) is 4.98 Å². The van der Waals surface area contributed by atoms with E-state index in [9.17, 15) is 4.79 Å². The number of ether oxygens (including phenoxy) is 1. The molecule has 0 atom stereocenters. The van der Waals surface area contributed by atoms with Crippen molar-refractivity contribution in [3.8, 4) is 5.75 Å². The molecule has 16 heavy (non-hydrogen) atoms. The summed E-state index contributed by atoms with van der Waals surface area (Å²) >= 11 is 0. The Labute approximate surface area is 93.4 Å². The molecule has 82 valence electrons. The molecule has 1 aliphatic carbocycles. The Balaban J connectivity index is 2.36. The van der Waals surface area contributed by atoms with Gasteiger partial charge in [-0.25, -0.2) is 0 Å². The highest BCUT2D eigenvalue weighted by Gasteiger charge is 2.23. The first-order valence-electron chi connectivity index (χ1n) is 5.52. The first-order chi connectivity index (χ1) is 7.81. The van der Waals surface area contributed by atoms with Gasteiger partial charge in [-0.3, -0.25) is 4.79 Å². The molecule has 1 aromatic heterocycles. The van der Waals surface area contributed by atoms with E-state index >= 15 is 0 Å². The van der Waals surface area contributed by atoms with E-state index in [1.807, 2.05) is 18.2 Å². The maximum atomic E-state index is 11.9. The number of ketones is 1. The minimum atomic E-state index is 0.251. The number of methoxy groups -OCH3 is 1. The maximum absolute atomic E-state index is 11.9. The van der Waals surface area contributed by atoms with E-state index < -0.39 is 0 Å². The molecule has 2 aromatic rings. The Morgan fingerprint density at radius 3 is 3.00 bits per heavy atom. The molecule has 0 fully saturated rings. The fourth-order valence-corrected chi connectivity index (χ4v) is 2.47. The van der Waals surface area contributed by atoms with Crippen LogP contribution in [0.2, 0.25) is 0 Å². The molecule has 1 N–H and O–H groups in total. The second-order valence-electron chi connectivity index (χ2n) is 4.14. The maximum Gasteiger partial charge on any atom is 0.165 e. The molecule has 0 spiro atoms. The smallest absolute Gasteiger partial charge is 0.165 e. The third-order valence-electron chi connectivity index (χ3n) is 3.20. The number of aromatic amines is 1. The van der Waals surface area contributed by atoms with Crippen LogP contribution < -0.4 is 4.74 Å². The van der Waals surface area contributed by atoms with Gasteiger partial charge in [-0.15, -0.1) is 0 Å². The van der Waals surface area contributed by atoms with Crippen molar-refractivity contribution < 1.29 is 9.53 Å². The third kappa shape index (κ3) is 1.18. The summed E-state index contributed by atoms with van der Waals surface area (Å²) in [5, 5.41) is 0.999. The van der Waals surface area contributed by atoms with Crippen LogP contribution in [0.1, 0.15) is 28.9 Å². The zero-order valence-corrected chi connectivity index (χ0v) is 9.17. The van der Waals surface area contributed by atoms with Gasteiger partial charge in [-0.05, 0) is 18.9 Å². The third-order valence-corrected chi connectivity index (χ3v) is 3.20. The van der Waals surface area contributed by atoms with Crippen molar-refractivity contribution in [2.75, 3.05) is 7.11 Å². The van der Waals surface area contributed by atoms with E-state index in [0.717, 1.165) is 40.8 Å². The summed E-state index contributed by atoms with van der Waals surface area (Å²) in [5.74, 6) is 1.06. The molecular weight excluding hydrogens is 202 g/mol. The predicted octanol–water partition coefficient (Wildman–Crippen LogP) is 2.70. The van der Waals surface area contributed by atoms with Crippen LogP contribution in [-0.4, -0.2) is 17.9 Å². The topological polar surface area (TPSA) is 42.1 Å². The number of para-hydroxylation sites is 1. The number of rotatable bonds is 1. The molecule has 0 radical (unpaired) electrons. The molecule has 0 bridgehead atoms. The lowest BCUT2D eigenvalue weighted by atomic mass is 9.94. The van der Waals surface area contributed by atoms with E-state index in [4.69, 9.17) is 4.74 Å². The van der Waals surface area contributed by atoms with Crippen molar-refractivity contribution in [2.24, 2.45) is 0 Å². The number of hydrogen-bond donors (Lipinski definition) is 1. The van der Waals surface area contributed by atoms with Crippen LogP contribution in [0.5, 0.6) is 5.75 Å². The Hall–Kier alpha value is -1.77. The van der Waals surface area contributed by atoms with Crippen molar-refractivity contribution >= 4 is 16.7 Å². The molecule has 3 nitrogen and oxygen atoms in total. The normalized spacial score (nSPS) is 15.2. The van der Waals surface area contributed by atoms with Crippen molar-refractivity contribution in [1.29, 1.82) is 0 Å². The van der Waals surface area contributed by atoms with Gasteiger partial charge in [0.15, 0.2) is 5.78 Å². The summed E-state index contributed by atoms with van der Waals surface area (Å²) in [4.78, 5) is 15.2. The van der Waals surface area contributed by atoms with E-state index in [-0.39, 0.29) is 5.78 Å². The number of benzene rings is 1. The van der Waals surface area contributed by atoms with Crippen molar-refractivity contribution in [1.82, 2.24) is 4.98 Å². The first kappa shape index (κ1) is 9.46. The lowest BCUT2D eigenvalue weighted by molar-refractivity contribution is 0.0974. The van der Waals surface area contributed by atoms with E-state index in [0.29, 0.717) is 6.42 Å². The highest BCUT2D eigenvalue weighted by atomic mass is 16.5. The molecule has 1 heterocycles. The highest BCUT2D eigenvalue weighted by Crippen LogP contribution is 2.33. The minimum absolute atomic E-state index is 0.251.